The highest BCUT2D eigenvalue weighted by molar-refractivity contribution is 6.52. The van der Waals surface area contributed by atoms with Crippen molar-refractivity contribution in [3.8, 4) is 0 Å². The smallest absolute Gasteiger partial charge is 0.176 e. The van der Waals surface area contributed by atoms with Crippen molar-refractivity contribution < 1.29 is 4.43 Å². The van der Waals surface area contributed by atoms with E-state index in [2.05, 4.69) is 6.92 Å². The van der Waals surface area contributed by atoms with E-state index in [0.29, 0.717) is 0 Å². The van der Waals surface area contributed by atoms with Crippen molar-refractivity contribution in [1.29, 1.82) is 0 Å². The summed E-state index contributed by atoms with van der Waals surface area (Å²) >= 11 is 0. The Balaban J connectivity index is 2.08. The highest BCUT2D eigenvalue weighted by Gasteiger charge is 2.14. The lowest BCUT2D eigenvalue weighted by atomic mass is 10.3. The van der Waals surface area contributed by atoms with E-state index in [0.717, 1.165) is 6.61 Å². The normalized spacial score (nSPS) is 22.3. The van der Waals surface area contributed by atoms with Crippen LogP contribution in [0.15, 0.2) is 0 Å². The zero-order valence-electron chi connectivity index (χ0n) is 6.23. The fourth-order valence-electron chi connectivity index (χ4n) is 1.47. The number of hydrogen-bond acceptors (Lipinski definition) is 1. The van der Waals surface area contributed by atoms with Crippen molar-refractivity contribution in [2.24, 2.45) is 0 Å². The van der Waals surface area contributed by atoms with Crippen LogP contribution < -0.4 is 0 Å². The fraction of sp³-hybridized carbons (Fsp3) is 1.00. The summed E-state index contributed by atoms with van der Waals surface area (Å²) in [7, 11) is -0.626. The molecule has 9 heavy (non-hydrogen) atoms. The Morgan fingerprint density at radius 3 is 2.44 bits per heavy atom. The predicted molar refractivity (Wildman–Crippen MR) is 42.2 cm³/mol. The first-order valence-electron chi connectivity index (χ1n) is 4.05. The molecule has 0 bridgehead atoms. The van der Waals surface area contributed by atoms with Gasteiger partial charge in [0.05, 0.1) is 0 Å². The first kappa shape index (κ1) is 7.29. The molecule has 1 rings (SSSR count). The summed E-state index contributed by atoms with van der Waals surface area (Å²) in [5.41, 5.74) is 0. The maximum absolute atomic E-state index is 5.62. The molecule has 1 nitrogen and oxygen atoms in total. The van der Waals surface area contributed by atoms with E-state index in [1.165, 1.54) is 31.4 Å². The third kappa shape index (κ3) is 2.50. The monoisotopic (exact) mass is 144 g/mol. The molecule has 0 aromatic carbocycles. The molecule has 0 radical (unpaired) electrons. The molecule has 1 fully saturated rings. The second-order valence-electron chi connectivity index (χ2n) is 2.72. The van der Waals surface area contributed by atoms with Crippen LogP contribution in [0.3, 0.4) is 0 Å². The van der Waals surface area contributed by atoms with Crippen LogP contribution in [0.2, 0.25) is 12.1 Å². The predicted octanol–water partition coefficient (Wildman–Crippen LogP) is 1.93. The molecule has 0 atom stereocenters. The zero-order chi connectivity index (χ0) is 6.53. The minimum Gasteiger partial charge on any atom is -0.420 e. The van der Waals surface area contributed by atoms with Gasteiger partial charge in [-0.3, -0.25) is 0 Å². The average Bonchev–Trinajstić information content (AvgIpc) is 1.91. The Labute approximate surface area is 59.1 Å². The van der Waals surface area contributed by atoms with Crippen molar-refractivity contribution in [2.75, 3.05) is 6.61 Å². The molecule has 1 saturated heterocycles. The molecule has 0 aromatic heterocycles. The van der Waals surface area contributed by atoms with Crippen molar-refractivity contribution in [2.45, 2.75) is 38.3 Å². The van der Waals surface area contributed by atoms with Gasteiger partial charge in [0.15, 0.2) is 9.04 Å². The lowest BCUT2D eigenvalue weighted by Crippen LogP contribution is -2.20. The third-order valence-electron chi connectivity index (χ3n) is 1.95. The Hall–Kier alpha value is 0.177. The van der Waals surface area contributed by atoms with Gasteiger partial charge in [0.1, 0.15) is 0 Å². The quantitative estimate of drug-likeness (QED) is 0.538. The molecule has 0 N–H and O–H groups in total. The molecule has 54 valence electrons. The van der Waals surface area contributed by atoms with Crippen LogP contribution in [0.4, 0.5) is 0 Å². The maximum Gasteiger partial charge on any atom is 0.176 e. The van der Waals surface area contributed by atoms with Crippen LogP contribution in [-0.4, -0.2) is 15.6 Å². The van der Waals surface area contributed by atoms with Gasteiger partial charge in [-0.15, -0.1) is 0 Å². The lowest BCUT2D eigenvalue weighted by molar-refractivity contribution is 0.334. The topological polar surface area (TPSA) is 9.23 Å². The maximum atomic E-state index is 5.62. The van der Waals surface area contributed by atoms with Crippen molar-refractivity contribution in [3.05, 3.63) is 0 Å². The summed E-state index contributed by atoms with van der Waals surface area (Å²) < 4.78 is 5.62. The molecule has 0 amide bonds. The molecule has 0 unspecified atom stereocenters. The van der Waals surface area contributed by atoms with Gasteiger partial charge >= 0.3 is 0 Å². The van der Waals surface area contributed by atoms with Crippen LogP contribution in [0.25, 0.3) is 0 Å². The summed E-state index contributed by atoms with van der Waals surface area (Å²) in [5.74, 6) is 0. The summed E-state index contributed by atoms with van der Waals surface area (Å²) in [6.07, 6.45) is 4.34. The highest BCUT2D eigenvalue weighted by atomic mass is 28.3. The third-order valence-corrected chi connectivity index (χ3v) is 4.86. The van der Waals surface area contributed by atoms with Crippen molar-refractivity contribution in [3.63, 3.8) is 0 Å². The van der Waals surface area contributed by atoms with Crippen LogP contribution in [0, 0.1) is 0 Å². The van der Waals surface area contributed by atoms with Crippen LogP contribution in [-0.2, 0) is 4.43 Å². The van der Waals surface area contributed by atoms with E-state index in [1.807, 2.05) is 0 Å². The molecule has 2 heteroatoms. The number of hydrogen-bond donors (Lipinski definition) is 0. The molecule has 0 spiro atoms. The lowest BCUT2D eigenvalue weighted by Gasteiger charge is -2.18. The molecule has 0 saturated carbocycles. The molecule has 1 heterocycles. The second-order valence-corrected chi connectivity index (χ2v) is 5.45. The molecule has 1 aliphatic rings. The van der Waals surface area contributed by atoms with Gasteiger partial charge in [-0.05, 0) is 19.0 Å². The number of rotatable bonds is 2. The zero-order valence-corrected chi connectivity index (χ0v) is 7.38. The molecular formula is C7H16OSi. The van der Waals surface area contributed by atoms with Gasteiger partial charge in [0.2, 0.25) is 0 Å². The molecule has 1 aliphatic heterocycles. The van der Waals surface area contributed by atoms with Gasteiger partial charge in [-0.2, -0.15) is 0 Å². The first-order valence-corrected chi connectivity index (χ1v) is 6.15. The minimum atomic E-state index is -0.626. The highest BCUT2D eigenvalue weighted by Crippen LogP contribution is 2.18. The molecule has 0 aliphatic carbocycles. The van der Waals surface area contributed by atoms with Crippen LogP contribution in [0.5, 0.6) is 0 Å². The van der Waals surface area contributed by atoms with Gasteiger partial charge < -0.3 is 4.43 Å². The minimum absolute atomic E-state index is 0.626. The van der Waals surface area contributed by atoms with Gasteiger partial charge in [-0.1, -0.05) is 19.3 Å². The first-order chi connectivity index (χ1) is 4.43. The Kier molecular flexibility index (Phi) is 3.29. The van der Waals surface area contributed by atoms with Crippen LogP contribution >= 0.6 is 0 Å². The standard InChI is InChI=1S/C7H16OSi/c1-2-8-9-6-4-3-5-7-9/h9H,2-7H2,1H3. The van der Waals surface area contributed by atoms with Gasteiger partial charge in [0.25, 0.3) is 0 Å². The fourth-order valence-corrected chi connectivity index (χ4v) is 4.05. The van der Waals surface area contributed by atoms with E-state index in [-0.39, 0.29) is 0 Å². The van der Waals surface area contributed by atoms with E-state index in [9.17, 15) is 0 Å². The van der Waals surface area contributed by atoms with Crippen LogP contribution in [0.1, 0.15) is 26.2 Å². The van der Waals surface area contributed by atoms with E-state index in [1.54, 1.807) is 0 Å². The van der Waals surface area contributed by atoms with E-state index in [4.69, 9.17) is 4.43 Å². The van der Waals surface area contributed by atoms with Gasteiger partial charge in [0, 0.05) is 6.61 Å². The van der Waals surface area contributed by atoms with Crippen molar-refractivity contribution in [1.82, 2.24) is 0 Å². The summed E-state index contributed by atoms with van der Waals surface area (Å²) in [6, 6.07) is 2.88. The van der Waals surface area contributed by atoms with Gasteiger partial charge in [-0.25, -0.2) is 0 Å². The largest absolute Gasteiger partial charge is 0.420 e. The Morgan fingerprint density at radius 1 is 1.22 bits per heavy atom. The molecule has 0 aromatic rings. The Bertz CT molecular complexity index is 66.6. The SMILES string of the molecule is CCO[SiH]1CCCCC1. The summed E-state index contributed by atoms with van der Waals surface area (Å²) in [4.78, 5) is 0. The van der Waals surface area contributed by atoms with E-state index < -0.39 is 9.04 Å². The Morgan fingerprint density at radius 2 is 1.89 bits per heavy atom. The summed E-state index contributed by atoms with van der Waals surface area (Å²) in [6.45, 7) is 3.07. The second kappa shape index (κ2) is 4.07. The van der Waals surface area contributed by atoms with E-state index >= 15 is 0 Å². The molecular weight excluding hydrogens is 128 g/mol. The summed E-state index contributed by atoms with van der Waals surface area (Å²) in [5, 5.41) is 0. The van der Waals surface area contributed by atoms with Crippen molar-refractivity contribution >= 4 is 9.04 Å². The average molecular weight is 144 g/mol.